The van der Waals surface area contributed by atoms with Crippen molar-refractivity contribution in [2.45, 2.75) is 44.4 Å². The number of hydrogen-bond donors (Lipinski definition) is 6. The monoisotopic (exact) mass is 474 g/mol. The maximum absolute atomic E-state index is 13.4. The zero-order chi connectivity index (χ0) is 25.0. The van der Waals surface area contributed by atoms with Crippen molar-refractivity contribution < 1.29 is 14.4 Å². The summed E-state index contributed by atoms with van der Waals surface area (Å²) in [7, 11) is 0. The van der Waals surface area contributed by atoms with Crippen molar-refractivity contribution in [3.05, 3.63) is 72.1 Å². The van der Waals surface area contributed by atoms with Crippen molar-refractivity contribution in [1.29, 1.82) is 0 Å². The number of benzene rings is 2. The molecule has 4 aromatic rings. The average Bonchev–Trinajstić information content (AvgIpc) is 3.41. The maximum Gasteiger partial charge on any atom is 0.244 e. The van der Waals surface area contributed by atoms with Crippen LogP contribution in [0.1, 0.15) is 25.1 Å². The Labute approximate surface area is 202 Å². The van der Waals surface area contributed by atoms with E-state index < -0.39 is 29.6 Å². The van der Waals surface area contributed by atoms with Crippen LogP contribution in [0.4, 0.5) is 0 Å². The van der Waals surface area contributed by atoms with Gasteiger partial charge in [-0.3, -0.25) is 14.4 Å². The third kappa shape index (κ3) is 5.70. The highest BCUT2D eigenvalue weighted by Gasteiger charge is 2.29. The van der Waals surface area contributed by atoms with Crippen LogP contribution in [0, 0.1) is 0 Å². The third-order valence-electron chi connectivity index (χ3n) is 5.90. The third-order valence-corrected chi connectivity index (χ3v) is 5.90. The Morgan fingerprint density at radius 2 is 1.74 bits per heavy atom. The molecule has 35 heavy (non-hydrogen) atoms. The number of carbonyl (C=O) groups is 3. The number of carbonyl (C=O) groups excluding carboxylic acids is 3. The second-order valence-electron chi connectivity index (χ2n) is 9.24. The lowest BCUT2D eigenvalue weighted by atomic mass is 10.0. The van der Waals surface area contributed by atoms with E-state index in [-0.39, 0.29) is 6.42 Å². The first-order valence-corrected chi connectivity index (χ1v) is 11.5. The summed E-state index contributed by atoms with van der Waals surface area (Å²) in [5.74, 6) is -0.884. The summed E-state index contributed by atoms with van der Waals surface area (Å²) >= 11 is 0. The van der Waals surface area contributed by atoms with Gasteiger partial charge in [-0.2, -0.15) is 0 Å². The fourth-order valence-corrected chi connectivity index (χ4v) is 4.04. The average molecular weight is 475 g/mol. The largest absolute Gasteiger partial charge is 0.361 e. The van der Waals surface area contributed by atoms with Crippen molar-refractivity contribution in [2.75, 3.05) is 0 Å². The van der Waals surface area contributed by atoms with Crippen LogP contribution in [0.3, 0.4) is 0 Å². The van der Waals surface area contributed by atoms with E-state index in [4.69, 9.17) is 5.73 Å². The van der Waals surface area contributed by atoms with E-state index in [9.17, 15) is 14.4 Å². The smallest absolute Gasteiger partial charge is 0.244 e. The minimum atomic E-state index is -1.16. The summed E-state index contributed by atoms with van der Waals surface area (Å²) in [5, 5.41) is 10.3. The number of nitrogens with one attached hydrogen (secondary N) is 5. The highest BCUT2D eigenvalue weighted by atomic mass is 16.2. The lowest BCUT2D eigenvalue weighted by Gasteiger charge is -2.26. The van der Waals surface area contributed by atoms with Crippen LogP contribution in [0.2, 0.25) is 0 Å². The van der Waals surface area contributed by atoms with Crippen molar-refractivity contribution in [2.24, 2.45) is 5.73 Å². The minimum Gasteiger partial charge on any atom is -0.361 e. The molecule has 0 aliphatic rings. The second kappa shape index (κ2) is 10.0. The number of aromatic nitrogens is 2. The zero-order valence-electron chi connectivity index (χ0n) is 19.7. The molecule has 2 aromatic carbocycles. The van der Waals surface area contributed by atoms with Gasteiger partial charge in [0.2, 0.25) is 18.2 Å². The van der Waals surface area contributed by atoms with Crippen LogP contribution < -0.4 is 21.7 Å². The first-order valence-electron chi connectivity index (χ1n) is 11.5. The van der Waals surface area contributed by atoms with Crippen LogP contribution in [-0.2, 0) is 27.2 Å². The van der Waals surface area contributed by atoms with Crippen LogP contribution in [0.5, 0.6) is 0 Å². The summed E-state index contributed by atoms with van der Waals surface area (Å²) in [6, 6.07) is 16.6. The van der Waals surface area contributed by atoms with Gasteiger partial charge < -0.3 is 31.7 Å². The molecule has 0 fully saturated rings. The van der Waals surface area contributed by atoms with Gasteiger partial charge in [-0.1, -0.05) is 36.4 Å². The number of aromatic amines is 2. The van der Waals surface area contributed by atoms with E-state index in [1.807, 2.05) is 60.8 Å². The van der Waals surface area contributed by atoms with Gasteiger partial charge >= 0.3 is 0 Å². The fourth-order valence-electron chi connectivity index (χ4n) is 4.04. The minimum absolute atomic E-state index is 0.225. The van der Waals surface area contributed by atoms with Gasteiger partial charge in [-0.05, 0) is 43.0 Å². The molecule has 3 amide bonds. The molecule has 0 aliphatic carbocycles. The molecule has 0 aliphatic heterocycles. The van der Waals surface area contributed by atoms with Crippen molar-refractivity contribution >= 4 is 40.0 Å². The van der Waals surface area contributed by atoms with Gasteiger partial charge in [-0.25, -0.2) is 0 Å². The zero-order valence-corrected chi connectivity index (χ0v) is 19.7. The van der Waals surface area contributed by atoms with Crippen LogP contribution in [-0.4, -0.2) is 45.9 Å². The highest BCUT2D eigenvalue weighted by Crippen LogP contribution is 2.19. The quantitative estimate of drug-likeness (QED) is 0.154. The summed E-state index contributed by atoms with van der Waals surface area (Å²) in [4.78, 5) is 43.8. The lowest BCUT2D eigenvalue weighted by molar-refractivity contribution is -0.131. The Morgan fingerprint density at radius 1 is 1.03 bits per heavy atom. The Kier molecular flexibility index (Phi) is 6.88. The molecule has 7 N–H and O–H groups in total. The van der Waals surface area contributed by atoms with Crippen molar-refractivity contribution in [3.63, 3.8) is 0 Å². The number of para-hydroxylation sites is 2. The Balaban J connectivity index is 1.54. The summed E-state index contributed by atoms with van der Waals surface area (Å²) in [6.07, 6.45) is 2.32. The maximum atomic E-state index is 13.4. The number of fused-ring (bicyclic) bond motifs is 2. The van der Waals surface area contributed by atoms with Crippen LogP contribution in [0.25, 0.3) is 21.8 Å². The van der Waals surface area contributed by atoms with Gasteiger partial charge in [-0.15, -0.1) is 0 Å². The summed E-state index contributed by atoms with van der Waals surface area (Å²) in [5.41, 5.74) is 8.43. The van der Waals surface area contributed by atoms with E-state index in [1.165, 1.54) is 0 Å². The number of H-pyrrole nitrogens is 2. The number of hydrogen-bond acceptors (Lipinski definition) is 4. The van der Waals surface area contributed by atoms with E-state index in [0.717, 1.165) is 33.1 Å². The lowest BCUT2D eigenvalue weighted by Crippen LogP contribution is -2.59. The molecule has 4 rings (SSSR count). The molecule has 0 saturated carbocycles. The molecule has 0 radical (unpaired) electrons. The first kappa shape index (κ1) is 24.0. The molecule has 0 unspecified atom stereocenters. The molecule has 0 saturated heterocycles. The van der Waals surface area contributed by atoms with E-state index in [2.05, 4.69) is 25.9 Å². The second-order valence-corrected chi connectivity index (χ2v) is 9.24. The van der Waals surface area contributed by atoms with E-state index >= 15 is 0 Å². The normalized spacial score (nSPS) is 13.3. The molecular formula is C26H30N6O3. The SMILES string of the molecule is CC(C)(N)C(=O)N[C@H](Cc1cc2ccccc2[nH]1)C(=O)N[C@H](Cc1c[nH]c2ccccc12)NC=O. The molecule has 0 spiro atoms. The molecule has 9 nitrogen and oxygen atoms in total. The number of rotatable bonds is 10. The van der Waals surface area contributed by atoms with Crippen molar-refractivity contribution in [3.8, 4) is 0 Å². The number of nitrogens with two attached hydrogens (primary N) is 1. The molecule has 0 bridgehead atoms. The Hall–Kier alpha value is -4.11. The Morgan fingerprint density at radius 3 is 2.46 bits per heavy atom. The molecule has 182 valence electrons. The highest BCUT2D eigenvalue weighted by molar-refractivity contribution is 5.92. The van der Waals surface area contributed by atoms with E-state index in [1.54, 1.807) is 13.8 Å². The summed E-state index contributed by atoms with van der Waals surface area (Å²) < 4.78 is 0. The van der Waals surface area contributed by atoms with E-state index in [0.29, 0.717) is 12.8 Å². The topological polar surface area (TPSA) is 145 Å². The van der Waals surface area contributed by atoms with Crippen molar-refractivity contribution in [1.82, 2.24) is 25.9 Å². The fraction of sp³-hybridized carbons (Fsp3) is 0.269. The molecular weight excluding hydrogens is 444 g/mol. The van der Waals surface area contributed by atoms with Crippen LogP contribution in [0.15, 0.2) is 60.8 Å². The predicted octanol–water partition coefficient (Wildman–Crippen LogP) is 1.84. The first-order chi connectivity index (χ1) is 16.7. The summed E-state index contributed by atoms with van der Waals surface area (Å²) in [6.45, 7) is 3.15. The van der Waals surface area contributed by atoms with Gasteiger partial charge in [0.1, 0.15) is 12.2 Å². The standard InChI is InChI=1S/C26H30N6O3/c1-26(2,27)25(35)31-22(13-18-11-16-7-3-5-9-20(16)30-18)24(34)32-23(29-15-33)12-17-14-28-21-10-6-4-8-19(17)21/h3-11,14-15,22-23,28,30H,12-13,27H2,1-2H3,(H,29,33)(H,31,35)(H,32,34)/t22-,23-/m1/s1. The molecule has 2 atom stereocenters. The molecule has 2 aromatic heterocycles. The van der Waals surface area contributed by atoms with Crippen LogP contribution >= 0.6 is 0 Å². The molecule has 2 heterocycles. The molecule has 9 heteroatoms. The Bertz CT molecular complexity index is 1320. The predicted molar refractivity (Wildman–Crippen MR) is 135 cm³/mol. The van der Waals surface area contributed by atoms with Gasteiger partial charge in [0.15, 0.2) is 0 Å². The van der Waals surface area contributed by atoms with Gasteiger partial charge in [0, 0.05) is 41.2 Å². The number of amides is 3. The van der Waals surface area contributed by atoms with Gasteiger partial charge in [0.05, 0.1) is 5.54 Å². The van der Waals surface area contributed by atoms with Gasteiger partial charge in [0.25, 0.3) is 0 Å².